The quantitative estimate of drug-likeness (QED) is 0.0813. The van der Waals surface area contributed by atoms with Crippen LogP contribution in [0.5, 0.6) is 17.2 Å². The van der Waals surface area contributed by atoms with Crippen molar-refractivity contribution in [3.05, 3.63) is 105 Å². The number of amides is 1. The third kappa shape index (κ3) is 6.65. The maximum atomic E-state index is 14.0. The van der Waals surface area contributed by atoms with E-state index in [1.54, 1.807) is 22.1 Å². The molecule has 1 aliphatic rings. The van der Waals surface area contributed by atoms with Crippen molar-refractivity contribution in [1.82, 2.24) is 15.0 Å². The molecule has 0 fully saturated rings. The van der Waals surface area contributed by atoms with Gasteiger partial charge in [-0.15, -0.1) is 11.3 Å². The second-order valence-electron chi connectivity index (χ2n) is 9.92. The van der Waals surface area contributed by atoms with Crippen molar-refractivity contribution >= 4 is 45.4 Å². The van der Waals surface area contributed by atoms with Crippen LogP contribution in [-0.2, 0) is 17.6 Å². The van der Waals surface area contributed by atoms with Crippen LogP contribution in [0.4, 0.5) is 0 Å². The summed E-state index contributed by atoms with van der Waals surface area (Å²) in [7, 11) is 0. The zero-order chi connectivity index (χ0) is 29.6. The molecular formula is C33H30N4O4S2. The van der Waals surface area contributed by atoms with Crippen molar-refractivity contribution in [1.29, 1.82) is 0 Å². The number of ether oxygens (including phenoxy) is 2. The minimum atomic E-state index is -0.309. The smallest absolute Gasteiger partial charge is 0.267 e. The number of nitrogens with zero attached hydrogens (tertiary/aromatic N) is 3. The van der Waals surface area contributed by atoms with Crippen molar-refractivity contribution in [2.75, 3.05) is 12.4 Å². The summed E-state index contributed by atoms with van der Waals surface area (Å²) in [5, 5.41) is 5.29. The van der Waals surface area contributed by atoms with E-state index < -0.39 is 0 Å². The number of rotatable bonds is 10. The number of para-hydroxylation sites is 1. The summed E-state index contributed by atoms with van der Waals surface area (Å²) >= 11 is 2.81. The molecule has 2 aromatic heterocycles. The van der Waals surface area contributed by atoms with Gasteiger partial charge in [-0.05, 0) is 92.3 Å². The minimum absolute atomic E-state index is 0.0363. The lowest BCUT2D eigenvalue weighted by molar-refractivity contribution is -0.118. The van der Waals surface area contributed by atoms with E-state index in [9.17, 15) is 9.59 Å². The second kappa shape index (κ2) is 13.3. The molecule has 8 nitrogen and oxygen atoms in total. The summed E-state index contributed by atoms with van der Waals surface area (Å²) in [5.74, 6) is 1.86. The van der Waals surface area contributed by atoms with Gasteiger partial charge < -0.3 is 9.47 Å². The number of fused-ring (bicyclic) bond motifs is 3. The van der Waals surface area contributed by atoms with E-state index in [0.29, 0.717) is 28.6 Å². The van der Waals surface area contributed by atoms with E-state index in [1.807, 2.05) is 85.8 Å². The Balaban J connectivity index is 1.19. The molecule has 0 aliphatic heterocycles. The molecule has 6 rings (SSSR count). The van der Waals surface area contributed by atoms with Crippen molar-refractivity contribution in [2.24, 2.45) is 5.10 Å². The first kappa shape index (κ1) is 28.7. The fourth-order valence-electron chi connectivity index (χ4n) is 4.99. The average Bonchev–Trinajstić information content (AvgIpc) is 3.40. The number of aryl methyl sites for hydroxylation is 2. The first-order valence-corrected chi connectivity index (χ1v) is 16.0. The Bertz CT molecular complexity index is 1830. The second-order valence-corrected chi connectivity index (χ2v) is 11.9. The van der Waals surface area contributed by atoms with Gasteiger partial charge in [-0.3, -0.25) is 14.2 Å². The molecule has 0 atom stereocenters. The average molecular weight is 611 g/mol. The van der Waals surface area contributed by atoms with Gasteiger partial charge >= 0.3 is 0 Å². The largest absolute Gasteiger partial charge is 0.494 e. The number of thiophene rings is 1. The van der Waals surface area contributed by atoms with Gasteiger partial charge in [0.15, 0.2) is 5.16 Å². The SMILES string of the molecule is CCOc1ccc(-n2c(SCC(=O)NN=Cc3cccc(Oc4ccccc4)c3)nc3sc4c(c3c2=O)CCCC4)cc1. The maximum absolute atomic E-state index is 14.0. The van der Waals surface area contributed by atoms with Crippen LogP contribution >= 0.6 is 23.1 Å². The van der Waals surface area contributed by atoms with Crippen LogP contribution in [-0.4, -0.2) is 34.0 Å². The number of hydrogen-bond acceptors (Lipinski definition) is 8. The van der Waals surface area contributed by atoms with Gasteiger partial charge in [0.05, 0.1) is 29.6 Å². The lowest BCUT2D eigenvalue weighted by Crippen LogP contribution is -2.24. The van der Waals surface area contributed by atoms with Crippen LogP contribution in [0.1, 0.15) is 35.8 Å². The molecule has 2 heterocycles. The third-order valence-electron chi connectivity index (χ3n) is 6.94. The van der Waals surface area contributed by atoms with Crippen molar-refractivity contribution < 1.29 is 14.3 Å². The predicted octanol–water partition coefficient (Wildman–Crippen LogP) is 6.76. The molecule has 5 aromatic rings. The van der Waals surface area contributed by atoms with Crippen molar-refractivity contribution in [3.63, 3.8) is 0 Å². The number of carbonyl (C=O) groups is 1. The van der Waals surface area contributed by atoms with E-state index in [1.165, 1.54) is 16.6 Å². The van der Waals surface area contributed by atoms with Crippen LogP contribution in [0, 0.1) is 0 Å². The molecule has 0 spiro atoms. The molecule has 1 aliphatic carbocycles. The summed E-state index contributed by atoms with van der Waals surface area (Å²) in [6.07, 6.45) is 5.63. The monoisotopic (exact) mass is 610 g/mol. The molecule has 218 valence electrons. The summed E-state index contributed by atoms with van der Waals surface area (Å²) in [6, 6.07) is 24.3. The van der Waals surface area contributed by atoms with E-state index in [0.717, 1.165) is 53.1 Å². The van der Waals surface area contributed by atoms with Gasteiger partial charge in [-0.2, -0.15) is 5.10 Å². The van der Waals surface area contributed by atoms with Gasteiger partial charge in [-0.1, -0.05) is 42.1 Å². The van der Waals surface area contributed by atoms with Gasteiger partial charge in [0, 0.05) is 4.88 Å². The first-order valence-electron chi connectivity index (χ1n) is 14.2. The summed E-state index contributed by atoms with van der Waals surface area (Å²) in [5.41, 5.74) is 5.06. The number of hydrogen-bond donors (Lipinski definition) is 1. The van der Waals surface area contributed by atoms with Crippen LogP contribution in [0.15, 0.2) is 93.9 Å². The molecule has 0 saturated heterocycles. The van der Waals surface area contributed by atoms with Gasteiger partial charge in [0.2, 0.25) is 0 Å². The van der Waals surface area contributed by atoms with Crippen LogP contribution < -0.4 is 20.5 Å². The van der Waals surface area contributed by atoms with E-state index in [4.69, 9.17) is 14.5 Å². The van der Waals surface area contributed by atoms with E-state index in [2.05, 4.69) is 10.5 Å². The zero-order valence-electron chi connectivity index (χ0n) is 23.6. The van der Waals surface area contributed by atoms with Crippen molar-refractivity contribution in [3.8, 4) is 22.9 Å². The number of carbonyl (C=O) groups excluding carboxylic acids is 1. The molecule has 0 saturated carbocycles. The number of thioether (sulfide) groups is 1. The highest BCUT2D eigenvalue weighted by molar-refractivity contribution is 7.99. The van der Waals surface area contributed by atoms with Crippen LogP contribution in [0.2, 0.25) is 0 Å². The number of nitrogens with one attached hydrogen (secondary N) is 1. The lowest BCUT2D eigenvalue weighted by atomic mass is 9.97. The van der Waals surface area contributed by atoms with Crippen LogP contribution in [0.25, 0.3) is 15.9 Å². The predicted molar refractivity (Wildman–Crippen MR) is 172 cm³/mol. The molecule has 0 bridgehead atoms. The number of hydrazone groups is 1. The summed E-state index contributed by atoms with van der Waals surface area (Å²) in [4.78, 5) is 33.6. The highest BCUT2D eigenvalue weighted by Gasteiger charge is 2.23. The van der Waals surface area contributed by atoms with Gasteiger partial charge in [-0.25, -0.2) is 10.4 Å². The van der Waals surface area contributed by atoms with Crippen LogP contribution in [0.3, 0.4) is 0 Å². The van der Waals surface area contributed by atoms with Gasteiger partial charge in [0.1, 0.15) is 22.1 Å². The Morgan fingerprint density at radius 1 is 1.02 bits per heavy atom. The molecule has 10 heteroatoms. The molecule has 43 heavy (non-hydrogen) atoms. The maximum Gasteiger partial charge on any atom is 0.267 e. The van der Waals surface area contributed by atoms with E-state index >= 15 is 0 Å². The third-order valence-corrected chi connectivity index (χ3v) is 9.06. The Morgan fingerprint density at radius 3 is 2.63 bits per heavy atom. The molecule has 3 aromatic carbocycles. The van der Waals surface area contributed by atoms with Gasteiger partial charge in [0.25, 0.3) is 11.5 Å². The summed E-state index contributed by atoms with van der Waals surface area (Å²) < 4.78 is 13.1. The van der Waals surface area contributed by atoms with Crippen molar-refractivity contribution in [2.45, 2.75) is 37.8 Å². The minimum Gasteiger partial charge on any atom is -0.494 e. The topological polar surface area (TPSA) is 94.8 Å². The zero-order valence-corrected chi connectivity index (χ0v) is 25.2. The normalized spacial score (nSPS) is 12.8. The number of aromatic nitrogens is 2. The fraction of sp³-hybridized carbons (Fsp3) is 0.212. The fourth-order valence-corrected chi connectivity index (χ4v) is 7.10. The van der Waals surface area contributed by atoms with E-state index in [-0.39, 0.29) is 17.2 Å². The lowest BCUT2D eigenvalue weighted by Gasteiger charge is -2.14. The Labute approximate surface area is 257 Å². The highest BCUT2D eigenvalue weighted by Crippen LogP contribution is 2.35. The Morgan fingerprint density at radius 2 is 1.81 bits per heavy atom. The standard InChI is InChI=1S/C33H30N4O4S2/c1-2-40-24-17-15-23(16-18-24)37-32(39)30-27-13-6-7-14-28(27)43-31(30)35-33(37)42-21-29(38)36-34-20-22-9-8-12-26(19-22)41-25-10-4-3-5-11-25/h3-5,8-12,15-20H,2,6-7,13-14,21H2,1H3,(H,36,38). The molecule has 0 unspecified atom stereocenters. The molecular weight excluding hydrogens is 581 g/mol. The highest BCUT2D eigenvalue weighted by atomic mass is 32.2. The Hall–Kier alpha value is -4.41. The number of benzene rings is 3. The first-order chi connectivity index (χ1) is 21.1. The Kier molecular flexibility index (Phi) is 8.85. The molecule has 1 amide bonds. The summed E-state index contributed by atoms with van der Waals surface area (Å²) in [6.45, 7) is 2.48. The molecule has 0 radical (unpaired) electrons. The molecule has 1 N–H and O–H groups in total.